The van der Waals surface area contributed by atoms with E-state index in [9.17, 15) is 9.59 Å². The lowest BCUT2D eigenvalue weighted by atomic mass is 10.0. The first-order valence-corrected chi connectivity index (χ1v) is 8.14. The number of hydrogen-bond acceptors (Lipinski definition) is 3. The van der Waals surface area contributed by atoms with Gasteiger partial charge in [-0.05, 0) is 29.7 Å². The fourth-order valence-electron chi connectivity index (χ4n) is 2.19. The monoisotopic (exact) mass is 325 g/mol. The zero-order valence-electron chi connectivity index (χ0n) is 14.1. The van der Waals surface area contributed by atoms with Crippen molar-refractivity contribution in [2.75, 3.05) is 5.32 Å². The Bertz CT molecular complexity index is 663. The van der Waals surface area contributed by atoms with Crippen LogP contribution in [0.5, 0.6) is 0 Å². The van der Waals surface area contributed by atoms with Crippen LogP contribution in [0.3, 0.4) is 0 Å². The van der Waals surface area contributed by atoms with E-state index in [4.69, 9.17) is 4.74 Å². The Kier molecular flexibility index (Phi) is 6.55. The van der Waals surface area contributed by atoms with Crippen LogP contribution in [0.2, 0.25) is 0 Å². The lowest BCUT2D eigenvalue weighted by Gasteiger charge is -2.08. The van der Waals surface area contributed by atoms with Gasteiger partial charge < -0.3 is 4.74 Å². The average molecular weight is 325 g/mol. The number of carbonyl (C=O) groups is 2. The minimum Gasteiger partial charge on any atom is -0.444 e. The number of carbonyl (C=O) groups excluding carboxylic acids is 2. The Morgan fingerprint density at radius 3 is 2.25 bits per heavy atom. The number of Topliss-reactive ketones (excluding diaryl/α,β-unsaturated/α-hetero) is 1. The number of hydrogen-bond donors (Lipinski definition) is 1. The Balaban J connectivity index is 1.78. The lowest BCUT2D eigenvalue weighted by Crippen LogP contribution is -2.13. The van der Waals surface area contributed by atoms with Crippen LogP contribution in [0.4, 0.5) is 10.5 Å². The van der Waals surface area contributed by atoms with Gasteiger partial charge in [0.05, 0.1) is 0 Å². The molecule has 2 rings (SSSR count). The van der Waals surface area contributed by atoms with Crippen molar-refractivity contribution in [3.05, 3.63) is 65.7 Å². The van der Waals surface area contributed by atoms with Gasteiger partial charge in [-0.15, -0.1) is 0 Å². The second-order valence-corrected chi connectivity index (χ2v) is 6.00. The highest BCUT2D eigenvalue weighted by atomic mass is 16.5. The fraction of sp³-hybridized carbons (Fsp3) is 0.300. The summed E-state index contributed by atoms with van der Waals surface area (Å²) in [7, 11) is 0. The van der Waals surface area contributed by atoms with E-state index in [0.29, 0.717) is 12.1 Å². The van der Waals surface area contributed by atoms with Crippen molar-refractivity contribution < 1.29 is 14.3 Å². The highest BCUT2D eigenvalue weighted by Gasteiger charge is 2.08. The molecule has 2 aromatic carbocycles. The molecular formula is C20H23NO3. The predicted octanol–water partition coefficient (Wildman–Crippen LogP) is 4.59. The van der Waals surface area contributed by atoms with Crippen molar-refractivity contribution in [2.45, 2.75) is 33.3 Å². The molecule has 0 bridgehead atoms. The van der Waals surface area contributed by atoms with E-state index in [-0.39, 0.29) is 18.3 Å². The molecule has 1 amide bonds. The number of nitrogens with one attached hydrogen (secondary N) is 1. The molecule has 0 atom stereocenters. The molecule has 0 unspecified atom stereocenters. The maximum absolute atomic E-state index is 11.8. The number of amides is 1. The van der Waals surface area contributed by atoms with E-state index >= 15 is 0 Å². The number of aryl methyl sites for hydroxylation is 1. The van der Waals surface area contributed by atoms with Gasteiger partial charge in [-0.3, -0.25) is 10.1 Å². The zero-order chi connectivity index (χ0) is 17.4. The first kappa shape index (κ1) is 17.7. The Morgan fingerprint density at radius 1 is 0.958 bits per heavy atom. The SMILES string of the molecule is CC(C)C(=O)CCc1ccc(NC(=O)OCc2ccccc2)cc1. The van der Waals surface area contributed by atoms with E-state index in [0.717, 1.165) is 17.5 Å². The fourth-order valence-corrected chi connectivity index (χ4v) is 2.19. The number of rotatable bonds is 7. The Hall–Kier alpha value is -2.62. The predicted molar refractivity (Wildman–Crippen MR) is 94.9 cm³/mol. The highest BCUT2D eigenvalue weighted by molar-refractivity contribution is 5.84. The summed E-state index contributed by atoms with van der Waals surface area (Å²) in [6.45, 7) is 4.06. The summed E-state index contributed by atoms with van der Waals surface area (Å²) >= 11 is 0. The summed E-state index contributed by atoms with van der Waals surface area (Å²) in [5, 5.41) is 2.69. The van der Waals surface area contributed by atoms with E-state index in [1.165, 1.54) is 0 Å². The van der Waals surface area contributed by atoms with Crippen molar-refractivity contribution in [1.82, 2.24) is 0 Å². The number of ketones is 1. The summed E-state index contributed by atoms with van der Waals surface area (Å²) in [5.74, 6) is 0.340. The molecule has 0 saturated heterocycles. The van der Waals surface area contributed by atoms with Crippen LogP contribution < -0.4 is 5.32 Å². The van der Waals surface area contributed by atoms with Crippen LogP contribution in [0, 0.1) is 5.92 Å². The quantitative estimate of drug-likeness (QED) is 0.810. The molecule has 0 radical (unpaired) electrons. The summed E-state index contributed by atoms with van der Waals surface area (Å²) in [5.41, 5.74) is 2.69. The van der Waals surface area contributed by atoms with E-state index in [1.54, 1.807) is 0 Å². The van der Waals surface area contributed by atoms with Crippen LogP contribution in [-0.2, 0) is 22.6 Å². The van der Waals surface area contributed by atoms with Gasteiger partial charge in [0.25, 0.3) is 0 Å². The summed E-state index contributed by atoms with van der Waals surface area (Å²) < 4.78 is 5.17. The molecule has 0 spiro atoms. The molecular weight excluding hydrogens is 302 g/mol. The maximum Gasteiger partial charge on any atom is 0.411 e. The molecule has 0 aromatic heterocycles. The molecule has 24 heavy (non-hydrogen) atoms. The molecule has 4 heteroatoms. The lowest BCUT2D eigenvalue weighted by molar-refractivity contribution is -0.121. The first-order chi connectivity index (χ1) is 11.5. The number of ether oxygens (including phenoxy) is 1. The van der Waals surface area contributed by atoms with E-state index < -0.39 is 6.09 Å². The molecule has 126 valence electrons. The molecule has 0 fully saturated rings. The molecule has 0 saturated carbocycles. The van der Waals surface area contributed by atoms with Crippen LogP contribution in [0.25, 0.3) is 0 Å². The molecule has 4 nitrogen and oxygen atoms in total. The molecule has 0 aliphatic carbocycles. The molecule has 0 aliphatic heterocycles. The molecule has 0 heterocycles. The third-order valence-corrected chi connectivity index (χ3v) is 3.72. The zero-order valence-corrected chi connectivity index (χ0v) is 14.1. The van der Waals surface area contributed by atoms with Gasteiger partial charge in [-0.2, -0.15) is 0 Å². The van der Waals surface area contributed by atoms with Crippen molar-refractivity contribution in [1.29, 1.82) is 0 Å². The normalized spacial score (nSPS) is 10.5. The number of benzene rings is 2. The van der Waals surface area contributed by atoms with Crippen LogP contribution >= 0.6 is 0 Å². The van der Waals surface area contributed by atoms with E-state index in [1.807, 2.05) is 68.4 Å². The second-order valence-electron chi connectivity index (χ2n) is 6.00. The summed E-state index contributed by atoms with van der Waals surface area (Å²) in [4.78, 5) is 23.4. The Labute approximate surface area is 142 Å². The smallest absolute Gasteiger partial charge is 0.411 e. The van der Waals surface area contributed by atoms with Gasteiger partial charge in [-0.1, -0.05) is 56.3 Å². The standard InChI is InChI=1S/C20H23NO3/c1-15(2)19(22)13-10-16-8-11-18(12-9-16)21-20(23)24-14-17-6-4-3-5-7-17/h3-9,11-12,15H,10,13-14H2,1-2H3,(H,21,23). The van der Waals surface area contributed by atoms with Gasteiger partial charge in [0.15, 0.2) is 0 Å². The Morgan fingerprint density at radius 2 is 1.62 bits per heavy atom. The third kappa shape index (κ3) is 5.88. The van der Waals surface area contributed by atoms with Gasteiger partial charge in [0, 0.05) is 18.0 Å². The first-order valence-electron chi connectivity index (χ1n) is 8.14. The third-order valence-electron chi connectivity index (χ3n) is 3.72. The van der Waals surface area contributed by atoms with Crippen LogP contribution in [0.1, 0.15) is 31.4 Å². The summed E-state index contributed by atoms with van der Waals surface area (Å²) in [6.07, 6.45) is 0.779. The van der Waals surface area contributed by atoms with Crippen molar-refractivity contribution in [3.63, 3.8) is 0 Å². The number of anilines is 1. The van der Waals surface area contributed by atoms with Gasteiger partial charge in [0.1, 0.15) is 12.4 Å². The topological polar surface area (TPSA) is 55.4 Å². The van der Waals surface area contributed by atoms with Crippen LogP contribution in [0.15, 0.2) is 54.6 Å². The van der Waals surface area contributed by atoms with E-state index in [2.05, 4.69) is 5.32 Å². The molecule has 1 N–H and O–H groups in total. The molecule has 0 aliphatic rings. The maximum atomic E-state index is 11.8. The second kappa shape index (κ2) is 8.87. The largest absolute Gasteiger partial charge is 0.444 e. The van der Waals surface area contributed by atoms with Gasteiger partial charge in [-0.25, -0.2) is 4.79 Å². The van der Waals surface area contributed by atoms with Gasteiger partial charge >= 0.3 is 6.09 Å². The van der Waals surface area contributed by atoms with Crippen LogP contribution in [-0.4, -0.2) is 11.9 Å². The minimum atomic E-state index is -0.485. The molecule has 2 aromatic rings. The van der Waals surface area contributed by atoms with Crippen molar-refractivity contribution in [2.24, 2.45) is 5.92 Å². The van der Waals surface area contributed by atoms with Crippen molar-refractivity contribution in [3.8, 4) is 0 Å². The van der Waals surface area contributed by atoms with Gasteiger partial charge in [0.2, 0.25) is 0 Å². The van der Waals surface area contributed by atoms with Crippen molar-refractivity contribution >= 4 is 17.6 Å². The minimum absolute atomic E-state index is 0.0744. The average Bonchev–Trinajstić information content (AvgIpc) is 2.60. The highest BCUT2D eigenvalue weighted by Crippen LogP contribution is 2.13. The summed E-state index contributed by atoms with van der Waals surface area (Å²) in [6, 6.07) is 17.0.